The lowest BCUT2D eigenvalue weighted by atomic mass is 9.78. The van der Waals surface area contributed by atoms with Crippen molar-refractivity contribution in [2.45, 2.75) is 37.5 Å². The first-order valence-corrected chi connectivity index (χ1v) is 6.43. The Labute approximate surface area is 101 Å². The van der Waals surface area contributed by atoms with Crippen LogP contribution in [0.25, 0.3) is 0 Å². The Morgan fingerprint density at radius 1 is 1.18 bits per heavy atom. The summed E-state index contributed by atoms with van der Waals surface area (Å²) in [6, 6.07) is 0.467. The van der Waals surface area contributed by atoms with Crippen LogP contribution in [0.2, 0.25) is 0 Å². The summed E-state index contributed by atoms with van der Waals surface area (Å²) in [5.41, 5.74) is 0. The van der Waals surface area contributed by atoms with Crippen molar-refractivity contribution in [3.8, 4) is 0 Å². The van der Waals surface area contributed by atoms with Gasteiger partial charge in [-0.2, -0.15) is 0 Å². The maximum atomic E-state index is 10.8. The molecule has 17 heavy (non-hydrogen) atoms. The second-order valence-corrected chi connectivity index (χ2v) is 5.30. The Hall–Kier alpha value is -0.650. The fourth-order valence-electron chi connectivity index (χ4n) is 3.10. The molecule has 0 aromatic heterocycles. The normalized spacial score (nSPS) is 36.9. The Kier molecular flexibility index (Phi) is 2.84. The molecule has 0 bridgehead atoms. The second-order valence-electron chi connectivity index (χ2n) is 5.30. The van der Waals surface area contributed by atoms with Gasteiger partial charge in [0.2, 0.25) is 0 Å². The van der Waals surface area contributed by atoms with Crippen LogP contribution in [-0.4, -0.2) is 54.1 Å². The van der Waals surface area contributed by atoms with Crippen molar-refractivity contribution in [3.63, 3.8) is 0 Å². The van der Waals surface area contributed by atoms with Gasteiger partial charge in [-0.3, -0.25) is 9.69 Å². The van der Waals surface area contributed by atoms with Crippen LogP contribution >= 0.6 is 0 Å². The van der Waals surface area contributed by atoms with Crippen molar-refractivity contribution in [2.24, 2.45) is 5.92 Å². The zero-order chi connectivity index (χ0) is 11.9. The highest BCUT2D eigenvalue weighted by molar-refractivity contribution is 5.71. The minimum atomic E-state index is -0.641. The number of aliphatic carboxylic acids is 1. The number of likely N-dealkylation sites (tertiary alicyclic amines) is 1. The van der Waals surface area contributed by atoms with Crippen molar-refractivity contribution in [1.82, 2.24) is 4.90 Å². The van der Waals surface area contributed by atoms with E-state index in [2.05, 4.69) is 4.90 Å². The summed E-state index contributed by atoms with van der Waals surface area (Å²) in [4.78, 5) is 13.2. The van der Waals surface area contributed by atoms with Crippen molar-refractivity contribution in [1.29, 1.82) is 0 Å². The molecule has 1 aliphatic carbocycles. The number of rotatable bonds is 2. The first-order valence-electron chi connectivity index (χ1n) is 6.43. The summed E-state index contributed by atoms with van der Waals surface area (Å²) in [5.74, 6) is -1.07. The fraction of sp³-hybridized carbons (Fsp3) is 0.917. The summed E-state index contributed by atoms with van der Waals surface area (Å²) in [6.45, 7) is 3.36. The van der Waals surface area contributed by atoms with Crippen LogP contribution in [0.3, 0.4) is 0 Å². The molecular weight excluding hydrogens is 222 g/mol. The average Bonchev–Trinajstić information content (AvgIpc) is 2.67. The van der Waals surface area contributed by atoms with E-state index in [4.69, 9.17) is 14.6 Å². The van der Waals surface area contributed by atoms with Crippen molar-refractivity contribution in [3.05, 3.63) is 0 Å². The third-order valence-corrected chi connectivity index (χ3v) is 4.35. The van der Waals surface area contributed by atoms with Gasteiger partial charge in [0.15, 0.2) is 5.79 Å². The van der Waals surface area contributed by atoms with E-state index in [-0.39, 0.29) is 11.7 Å². The fourth-order valence-corrected chi connectivity index (χ4v) is 3.10. The lowest BCUT2D eigenvalue weighted by Gasteiger charge is -2.46. The summed E-state index contributed by atoms with van der Waals surface area (Å²) in [5, 5.41) is 8.86. The quantitative estimate of drug-likeness (QED) is 0.770. The molecule has 1 saturated carbocycles. The lowest BCUT2D eigenvalue weighted by Crippen LogP contribution is -2.53. The highest BCUT2D eigenvalue weighted by Gasteiger charge is 2.44. The number of carboxylic acid groups (broad SMARTS) is 1. The van der Waals surface area contributed by atoms with E-state index in [0.717, 1.165) is 38.8 Å². The predicted molar refractivity (Wildman–Crippen MR) is 59.6 cm³/mol. The van der Waals surface area contributed by atoms with Gasteiger partial charge in [0, 0.05) is 32.0 Å². The number of hydrogen-bond donors (Lipinski definition) is 1. The van der Waals surface area contributed by atoms with Crippen molar-refractivity contribution in [2.75, 3.05) is 26.3 Å². The molecule has 1 spiro atoms. The van der Waals surface area contributed by atoms with Gasteiger partial charge in [-0.05, 0) is 12.8 Å². The molecule has 3 rings (SSSR count). The van der Waals surface area contributed by atoms with Gasteiger partial charge in [0.05, 0.1) is 19.1 Å². The Bertz CT molecular complexity index is 298. The summed E-state index contributed by atoms with van der Waals surface area (Å²) in [7, 11) is 0. The third kappa shape index (κ3) is 2.07. The Morgan fingerprint density at radius 3 is 2.29 bits per heavy atom. The number of carbonyl (C=O) groups is 1. The molecule has 0 atom stereocenters. The first-order chi connectivity index (χ1) is 8.19. The van der Waals surface area contributed by atoms with Crippen LogP contribution in [0.1, 0.15) is 25.7 Å². The maximum absolute atomic E-state index is 10.8. The van der Waals surface area contributed by atoms with Gasteiger partial charge in [-0.1, -0.05) is 0 Å². The molecule has 3 aliphatic rings. The van der Waals surface area contributed by atoms with Gasteiger partial charge in [-0.15, -0.1) is 0 Å². The van der Waals surface area contributed by atoms with Gasteiger partial charge in [0.25, 0.3) is 0 Å². The topological polar surface area (TPSA) is 59.0 Å². The van der Waals surface area contributed by atoms with E-state index in [1.165, 1.54) is 0 Å². The summed E-state index contributed by atoms with van der Waals surface area (Å²) in [6.07, 6.45) is 3.45. The molecule has 5 nitrogen and oxygen atoms in total. The van der Waals surface area contributed by atoms with Crippen LogP contribution in [-0.2, 0) is 14.3 Å². The van der Waals surface area contributed by atoms with Crippen LogP contribution in [0.4, 0.5) is 0 Å². The highest BCUT2D eigenvalue weighted by Crippen LogP contribution is 2.37. The second kappa shape index (κ2) is 4.23. The molecule has 2 aliphatic heterocycles. The standard InChI is InChI=1S/C12H19NO4/c14-11(15)9-7-10(8-9)13-3-1-12(2-4-13)16-5-6-17-12/h9-10H,1-8H2,(H,14,15). The van der Waals surface area contributed by atoms with E-state index < -0.39 is 5.97 Å². The molecule has 5 heteroatoms. The maximum Gasteiger partial charge on any atom is 0.306 e. The van der Waals surface area contributed by atoms with Crippen molar-refractivity contribution < 1.29 is 19.4 Å². The number of nitrogens with zero attached hydrogens (tertiary/aromatic N) is 1. The zero-order valence-corrected chi connectivity index (χ0v) is 9.93. The smallest absolute Gasteiger partial charge is 0.306 e. The predicted octanol–water partition coefficient (Wildman–Crippen LogP) is 0.688. The van der Waals surface area contributed by atoms with Gasteiger partial charge in [0.1, 0.15) is 0 Å². The molecule has 0 aromatic carbocycles. The van der Waals surface area contributed by atoms with Crippen LogP contribution in [0, 0.1) is 5.92 Å². The van der Waals surface area contributed by atoms with E-state index in [0.29, 0.717) is 19.3 Å². The number of ether oxygens (including phenoxy) is 2. The van der Waals surface area contributed by atoms with Crippen molar-refractivity contribution >= 4 is 5.97 Å². The number of carboxylic acids is 1. The molecule has 2 heterocycles. The largest absolute Gasteiger partial charge is 0.481 e. The van der Waals surface area contributed by atoms with Gasteiger partial charge < -0.3 is 14.6 Å². The minimum Gasteiger partial charge on any atom is -0.481 e. The first kappa shape index (κ1) is 11.4. The molecule has 0 aromatic rings. The molecule has 1 N–H and O–H groups in total. The molecule has 0 radical (unpaired) electrons. The summed E-state index contributed by atoms with van der Waals surface area (Å²) < 4.78 is 11.4. The van der Waals surface area contributed by atoms with E-state index in [1.54, 1.807) is 0 Å². The summed E-state index contributed by atoms with van der Waals surface area (Å²) >= 11 is 0. The van der Waals surface area contributed by atoms with Crippen LogP contribution in [0.15, 0.2) is 0 Å². The Morgan fingerprint density at radius 2 is 1.76 bits per heavy atom. The SMILES string of the molecule is O=C(O)C1CC(N2CCC3(CC2)OCCO3)C1. The highest BCUT2D eigenvalue weighted by atomic mass is 16.7. The third-order valence-electron chi connectivity index (χ3n) is 4.35. The molecule has 0 unspecified atom stereocenters. The van der Waals surface area contributed by atoms with Gasteiger partial charge in [-0.25, -0.2) is 0 Å². The monoisotopic (exact) mass is 241 g/mol. The molecular formula is C12H19NO4. The number of piperidine rings is 1. The molecule has 0 amide bonds. The van der Waals surface area contributed by atoms with E-state index in [1.807, 2.05) is 0 Å². The van der Waals surface area contributed by atoms with Gasteiger partial charge >= 0.3 is 5.97 Å². The number of hydrogen-bond acceptors (Lipinski definition) is 4. The molecule has 2 saturated heterocycles. The Balaban J connectivity index is 1.48. The van der Waals surface area contributed by atoms with E-state index in [9.17, 15) is 4.79 Å². The van der Waals surface area contributed by atoms with Crippen LogP contribution in [0.5, 0.6) is 0 Å². The molecule has 96 valence electrons. The molecule has 3 fully saturated rings. The van der Waals surface area contributed by atoms with Crippen LogP contribution < -0.4 is 0 Å². The van der Waals surface area contributed by atoms with E-state index >= 15 is 0 Å². The minimum absolute atomic E-state index is 0.116. The average molecular weight is 241 g/mol. The lowest BCUT2D eigenvalue weighted by molar-refractivity contribution is -0.191. The zero-order valence-electron chi connectivity index (χ0n) is 9.93.